The molecule has 2 aliphatic rings. The number of aryl methyl sites for hydroxylation is 2. The molecule has 2 aliphatic heterocycles. The highest BCUT2D eigenvalue weighted by Gasteiger charge is 2.44. The maximum Gasteiger partial charge on any atom is 0.255 e. The van der Waals surface area contributed by atoms with E-state index >= 15 is 0 Å². The van der Waals surface area contributed by atoms with Crippen molar-refractivity contribution in [2.45, 2.75) is 44.6 Å². The zero-order valence-corrected chi connectivity index (χ0v) is 14.4. The predicted octanol–water partition coefficient (Wildman–Crippen LogP) is 2.81. The number of ether oxygens (including phenoxy) is 2. The molecule has 4 nitrogen and oxygen atoms in total. The number of hydrogen-bond donors (Lipinski definition) is 0. The van der Waals surface area contributed by atoms with E-state index in [1.54, 1.807) is 7.11 Å². The molecule has 2 heterocycles. The Morgan fingerprint density at radius 3 is 2.70 bits per heavy atom. The first-order valence-electron chi connectivity index (χ1n) is 8.55. The van der Waals surface area contributed by atoms with E-state index in [9.17, 15) is 4.79 Å². The van der Waals surface area contributed by atoms with Crippen LogP contribution in [0.25, 0.3) is 0 Å². The summed E-state index contributed by atoms with van der Waals surface area (Å²) in [7, 11) is 1.65. The fraction of sp³-hybridized carbons (Fsp3) is 0.632. The van der Waals surface area contributed by atoms with Gasteiger partial charge in [-0.25, -0.2) is 0 Å². The lowest BCUT2D eigenvalue weighted by molar-refractivity contribution is -0.165. The van der Waals surface area contributed by atoms with Crippen LogP contribution in [0.15, 0.2) is 18.2 Å². The third-order valence-electron chi connectivity index (χ3n) is 5.42. The van der Waals surface area contributed by atoms with Crippen LogP contribution in [0.2, 0.25) is 0 Å². The van der Waals surface area contributed by atoms with Gasteiger partial charge in [-0.2, -0.15) is 0 Å². The molecule has 3 rings (SSSR count). The summed E-state index contributed by atoms with van der Waals surface area (Å²) in [5, 5.41) is 0. The van der Waals surface area contributed by atoms with E-state index in [-0.39, 0.29) is 5.91 Å². The Labute approximate surface area is 138 Å². The van der Waals surface area contributed by atoms with Gasteiger partial charge in [-0.1, -0.05) is 23.8 Å². The quantitative estimate of drug-likeness (QED) is 0.860. The first-order chi connectivity index (χ1) is 11.1. The number of likely N-dealkylation sites (tertiary alicyclic amines) is 1. The SMILES string of the molecule is COC1(C(=O)N2CC[C@H](c3ccc(C)cc3C)C2)CCOCC1. The van der Waals surface area contributed by atoms with Gasteiger partial charge in [0.15, 0.2) is 5.60 Å². The summed E-state index contributed by atoms with van der Waals surface area (Å²) >= 11 is 0. The molecule has 126 valence electrons. The van der Waals surface area contributed by atoms with Gasteiger partial charge in [0.2, 0.25) is 0 Å². The van der Waals surface area contributed by atoms with Gasteiger partial charge in [0.25, 0.3) is 5.91 Å². The Balaban J connectivity index is 1.72. The zero-order chi connectivity index (χ0) is 16.4. The van der Waals surface area contributed by atoms with E-state index in [0.29, 0.717) is 32.0 Å². The van der Waals surface area contributed by atoms with Crippen LogP contribution in [0.3, 0.4) is 0 Å². The highest BCUT2D eigenvalue weighted by Crippen LogP contribution is 2.34. The van der Waals surface area contributed by atoms with Crippen LogP contribution in [0.1, 0.15) is 41.9 Å². The third-order valence-corrected chi connectivity index (χ3v) is 5.42. The van der Waals surface area contributed by atoms with Crippen LogP contribution in [0.5, 0.6) is 0 Å². The van der Waals surface area contributed by atoms with Gasteiger partial charge in [0.1, 0.15) is 0 Å². The summed E-state index contributed by atoms with van der Waals surface area (Å²) in [6, 6.07) is 6.63. The van der Waals surface area contributed by atoms with Gasteiger partial charge in [-0.05, 0) is 31.4 Å². The van der Waals surface area contributed by atoms with Gasteiger partial charge >= 0.3 is 0 Å². The van der Waals surface area contributed by atoms with Crippen molar-refractivity contribution in [1.82, 2.24) is 4.90 Å². The van der Waals surface area contributed by atoms with E-state index in [2.05, 4.69) is 32.0 Å². The summed E-state index contributed by atoms with van der Waals surface area (Å²) in [5.41, 5.74) is 3.33. The minimum Gasteiger partial charge on any atom is -0.381 e. The van der Waals surface area contributed by atoms with E-state index in [0.717, 1.165) is 19.5 Å². The topological polar surface area (TPSA) is 38.8 Å². The van der Waals surface area contributed by atoms with Crippen molar-refractivity contribution < 1.29 is 14.3 Å². The second-order valence-electron chi connectivity index (χ2n) is 6.91. The van der Waals surface area contributed by atoms with Crippen molar-refractivity contribution in [3.05, 3.63) is 34.9 Å². The van der Waals surface area contributed by atoms with Crippen molar-refractivity contribution in [2.75, 3.05) is 33.4 Å². The van der Waals surface area contributed by atoms with Gasteiger partial charge < -0.3 is 14.4 Å². The average molecular weight is 317 g/mol. The molecule has 0 N–H and O–H groups in total. The van der Waals surface area contributed by atoms with E-state index in [1.807, 2.05) is 4.90 Å². The predicted molar refractivity (Wildman–Crippen MR) is 89.6 cm³/mol. The van der Waals surface area contributed by atoms with Crippen molar-refractivity contribution in [1.29, 1.82) is 0 Å². The van der Waals surface area contributed by atoms with Crippen LogP contribution in [-0.2, 0) is 14.3 Å². The molecule has 2 saturated heterocycles. The third kappa shape index (κ3) is 3.15. The van der Waals surface area contributed by atoms with E-state index in [4.69, 9.17) is 9.47 Å². The number of hydrogen-bond acceptors (Lipinski definition) is 3. The van der Waals surface area contributed by atoms with Gasteiger partial charge in [-0.15, -0.1) is 0 Å². The van der Waals surface area contributed by atoms with Crippen LogP contribution >= 0.6 is 0 Å². The number of methoxy groups -OCH3 is 1. The second kappa shape index (κ2) is 6.62. The molecule has 0 radical (unpaired) electrons. The molecule has 4 heteroatoms. The summed E-state index contributed by atoms with van der Waals surface area (Å²) in [5.74, 6) is 0.587. The van der Waals surface area contributed by atoms with Crippen molar-refractivity contribution >= 4 is 5.91 Å². The summed E-state index contributed by atoms with van der Waals surface area (Å²) in [6.07, 6.45) is 2.35. The molecule has 1 amide bonds. The number of carbonyl (C=O) groups excluding carboxylic acids is 1. The maximum atomic E-state index is 13.0. The Kier molecular flexibility index (Phi) is 4.74. The molecule has 0 aliphatic carbocycles. The zero-order valence-electron chi connectivity index (χ0n) is 14.4. The molecule has 0 spiro atoms. The van der Waals surface area contributed by atoms with Crippen molar-refractivity contribution in [3.63, 3.8) is 0 Å². The van der Waals surface area contributed by atoms with Crippen LogP contribution in [-0.4, -0.2) is 49.8 Å². The normalized spacial score (nSPS) is 24.0. The number of benzene rings is 1. The van der Waals surface area contributed by atoms with Crippen molar-refractivity contribution in [3.8, 4) is 0 Å². The second-order valence-corrected chi connectivity index (χ2v) is 6.91. The number of carbonyl (C=O) groups is 1. The monoisotopic (exact) mass is 317 g/mol. The molecule has 2 fully saturated rings. The highest BCUT2D eigenvalue weighted by molar-refractivity contribution is 5.85. The average Bonchev–Trinajstić information content (AvgIpc) is 3.04. The molecule has 1 atom stereocenters. The number of rotatable bonds is 3. The van der Waals surface area contributed by atoms with E-state index < -0.39 is 5.60 Å². The largest absolute Gasteiger partial charge is 0.381 e. The summed E-state index contributed by atoms with van der Waals surface area (Å²) in [6.45, 7) is 7.12. The number of nitrogens with zero attached hydrogens (tertiary/aromatic N) is 1. The maximum absolute atomic E-state index is 13.0. The minimum absolute atomic E-state index is 0.149. The molecule has 23 heavy (non-hydrogen) atoms. The lowest BCUT2D eigenvalue weighted by Crippen LogP contribution is -2.52. The van der Waals surface area contributed by atoms with Crippen LogP contribution in [0, 0.1) is 13.8 Å². The standard InChI is InChI=1S/C19H27NO3/c1-14-4-5-17(15(2)12-14)16-6-9-20(13-16)18(21)19(22-3)7-10-23-11-8-19/h4-5,12,16H,6-11,13H2,1-3H3/t16-/m0/s1. The Morgan fingerprint density at radius 2 is 2.04 bits per heavy atom. The Bertz CT molecular complexity index is 578. The van der Waals surface area contributed by atoms with Crippen LogP contribution in [0.4, 0.5) is 0 Å². The first kappa shape index (κ1) is 16.5. The number of amides is 1. The van der Waals surface area contributed by atoms with Gasteiger partial charge in [0.05, 0.1) is 0 Å². The van der Waals surface area contributed by atoms with Gasteiger partial charge in [-0.3, -0.25) is 4.79 Å². The highest BCUT2D eigenvalue weighted by atomic mass is 16.5. The van der Waals surface area contributed by atoms with E-state index in [1.165, 1.54) is 16.7 Å². The molecule has 0 aromatic heterocycles. The molecule has 1 aromatic carbocycles. The Morgan fingerprint density at radius 1 is 1.30 bits per heavy atom. The smallest absolute Gasteiger partial charge is 0.255 e. The molecule has 0 unspecified atom stereocenters. The fourth-order valence-corrected chi connectivity index (χ4v) is 3.98. The van der Waals surface area contributed by atoms with Crippen LogP contribution < -0.4 is 0 Å². The fourth-order valence-electron chi connectivity index (χ4n) is 3.98. The molecular formula is C19H27NO3. The molecular weight excluding hydrogens is 290 g/mol. The molecule has 0 saturated carbocycles. The molecule has 0 bridgehead atoms. The lowest BCUT2D eigenvalue weighted by atomic mass is 9.91. The summed E-state index contributed by atoms with van der Waals surface area (Å²) < 4.78 is 11.1. The van der Waals surface area contributed by atoms with Crippen molar-refractivity contribution in [2.24, 2.45) is 0 Å². The Hall–Kier alpha value is -1.39. The summed E-state index contributed by atoms with van der Waals surface area (Å²) in [4.78, 5) is 15.0. The minimum atomic E-state index is -0.671. The van der Waals surface area contributed by atoms with Gasteiger partial charge in [0, 0.05) is 52.2 Å². The molecule has 1 aromatic rings. The lowest BCUT2D eigenvalue weighted by Gasteiger charge is -2.37. The first-order valence-corrected chi connectivity index (χ1v) is 8.55.